The zero-order valence-electron chi connectivity index (χ0n) is 14.8. The van der Waals surface area contributed by atoms with Gasteiger partial charge in [-0.25, -0.2) is 0 Å². The van der Waals surface area contributed by atoms with Crippen molar-refractivity contribution in [2.75, 3.05) is 0 Å². The molecule has 4 fully saturated rings. The van der Waals surface area contributed by atoms with Crippen LogP contribution in [0, 0.1) is 17.3 Å². The van der Waals surface area contributed by atoms with Crippen LogP contribution in [0.2, 0.25) is 0 Å². The monoisotopic (exact) mass is 354 g/mol. The number of carbonyl (C=O) groups is 1. The Kier molecular flexibility index (Phi) is 3.65. The van der Waals surface area contributed by atoms with Crippen LogP contribution < -0.4 is 0 Å². The van der Waals surface area contributed by atoms with Crippen LogP contribution in [-0.4, -0.2) is 36.4 Å². The molecule has 4 aliphatic rings. The molecular weight excluding hydrogens is 332 g/mol. The zero-order chi connectivity index (χ0) is 17.8. The molecule has 0 unspecified atom stereocenters. The number of fused-ring (bicyclic) bond motifs is 1. The molecule has 2 bridgehead atoms. The quantitative estimate of drug-likeness (QED) is 0.573. The number of rotatable bonds is 1. The summed E-state index contributed by atoms with van der Waals surface area (Å²) in [6, 6.07) is 9.93. The number of benzene rings is 1. The van der Waals surface area contributed by atoms with E-state index >= 15 is 0 Å². The van der Waals surface area contributed by atoms with Crippen LogP contribution in [0.1, 0.15) is 44.6 Å². The highest BCUT2D eigenvalue weighted by Crippen LogP contribution is 2.66. The topological polar surface area (TPSA) is 54.0 Å². The first-order chi connectivity index (χ1) is 12.6. The summed E-state index contributed by atoms with van der Waals surface area (Å²) < 4.78 is 24.0. The van der Waals surface area contributed by atoms with E-state index in [2.05, 4.69) is 11.8 Å². The van der Waals surface area contributed by atoms with E-state index in [-0.39, 0.29) is 23.8 Å². The molecule has 1 saturated carbocycles. The van der Waals surface area contributed by atoms with E-state index in [1.165, 1.54) is 6.92 Å². The molecule has 1 aromatic rings. The summed E-state index contributed by atoms with van der Waals surface area (Å²) in [6.45, 7) is 1.40. The minimum atomic E-state index is -0.713. The number of carbonyl (C=O) groups excluding carboxylic acids is 1. The van der Waals surface area contributed by atoms with Gasteiger partial charge < -0.3 is 18.9 Å². The van der Waals surface area contributed by atoms with Crippen molar-refractivity contribution >= 4 is 5.97 Å². The molecule has 5 heteroatoms. The zero-order valence-corrected chi connectivity index (χ0v) is 14.8. The fourth-order valence-electron chi connectivity index (χ4n) is 5.33. The molecule has 5 rings (SSSR count). The van der Waals surface area contributed by atoms with Crippen molar-refractivity contribution < 1.29 is 23.7 Å². The summed E-state index contributed by atoms with van der Waals surface area (Å²) in [7, 11) is 0. The molecule has 3 aliphatic heterocycles. The number of hydrogen-bond donors (Lipinski definition) is 0. The Labute approximate surface area is 152 Å². The molecule has 26 heavy (non-hydrogen) atoms. The molecule has 3 saturated heterocycles. The first kappa shape index (κ1) is 16.3. The van der Waals surface area contributed by atoms with Gasteiger partial charge in [0.1, 0.15) is 11.7 Å². The minimum Gasteiger partial charge on any atom is -0.433 e. The van der Waals surface area contributed by atoms with Crippen LogP contribution >= 0.6 is 0 Å². The van der Waals surface area contributed by atoms with E-state index in [0.29, 0.717) is 0 Å². The van der Waals surface area contributed by atoms with Gasteiger partial charge in [-0.05, 0) is 25.0 Å². The van der Waals surface area contributed by atoms with E-state index in [4.69, 9.17) is 18.9 Å². The third-order valence-corrected chi connectivity index (χ3v) is 6.32. The highest BCUT2D eigenvalue weighted by molar-refractivity contribution is 5.66. The van der Waals surface area contributed by atoms with Crippen LogP contribution in [0.25, 0.3) is 0 Å². The van der Waals surface area contributed by atoms with Crippen LogP contribution in [0.4, 0.5) is 0 Å². The molecule has 0 N–H and O–H groups in total. The van der Waals surface area contributed by atoms with Gasteiger partial charge >= 0.3 is 5.97 Å². The van der Waals surface area contributed by atoms with Crippen molar-refractivity contribution in [1.82, 2.24) is 0 Å². The van der Waals surface area contributed by atoms with Gasteiger partial charge in [-0.3, -0.25) is 4.79 Å². The van der Waals surface area contributed by atoms with E-state index in [0.717, 1.165) is 37.7 Å². The lowest BCUT2D eigenvalue weighted by Crippen LogP contribution is -2.58. The standard InChI is InChI=1S/C21H22O5/c1-14(22)23-19-18-21-12-6-5-11-20(21,13-17(25-19)26-21)16(24-18)10-9-15-7-3-2-4-8-15/h2-4,7-8,16-19H,5-6,11-13H2,1H3/t16-,17+,18-,19+,20-,21+/m0/s1. The van der Waals surface area contributed by atoms with Gasteiger partial charge in [-0.15, -0.1) is 0 Å². The Morgan fingerprint density at radius 1 is 1.19 bits per heavy atom. The van der Waals surface area contributed by atoms with Crippen molar-refractivity contribution in [1.29, 1.82) is 0 Å². The van der Waals surface area contributed by atoms with Crippen LogP contribution in [0.5, 0.6) is 0 Å². The van der Waals surface area contributed by atoms with Crippen LogP contribution in [-0.2, 0) is 23.7 Å². The molecule has 5 nitrogen and oxygen atoms in total. The predicted octanol–water partition coefficient (Wildman–Crippen LogP) is 2.77. The molecular formula is C21H22O5. The van der Waals surface area contributed by atoms with Gasteiger partial charge in [0.25, 0.3) is 0 Å². The average Bonchev–Trinajstić information content (AvgIpc) is 3.06. The molecule has 0 amide bonds. The second kappa shape index (κ2) is 5.82. The van der Waals surface area contributed by atoms with Gasteiger partial charge in [0, 0.05) is 24.3 Å². The van der Waals surface area contributed by atoms with Gasteiger partial charge in [0.2, 0.25) is 6.29 Å². The Morgan fingerprint density at radius 3 is 2.81 bits per heavy atom. The van der Waals surface area contributed by atoms with E-state index in [9.17, 15) is 4.79 Å². The van der Waals surface area contributed by atoms with Crippen molar-refractivity contribution in [3.8, 4) is 11.8 Å². The van der Waals surface area contributed by atoms with Crippen molar-refractivity contribution in [2.24, 2.45) is 5.41 Å². The number of esters is 1. The van der Waals surface area contributed by atoms with E-state index in [1.807, 2.05) is 30.3 Å². The molecule has 6 atom stereocenters. The van der Waals surface area contributed by atoms with Crippen molar-refractivity contribution in [3.05, 3.63) is 35.9 Å². The van der Waals surface area contributed by atoms with Crippen LogP contribution in [0.15, 0.2) is 30.3 Å². The van der Waals surface area contributed by atoms with Gasteiger partial charge in [-0.2, -0.15) is 0 Å². The lowest BCUT2D eigenvalue weighted by molar-refractivity contribution is -0.340. The molecule has 136 valence electrons. The lowest BCUT2D eigenvalue weighted by Gasteiger charge is -2.46. The largest absolute Gasteiger partial charge is 0.433 e. The number of ether oxygens (including phenoxy) is 4. The predicted molar refractivity (Wildman–Crippen MR) is 91.7 cm³/mol. The highest BCUT2D eigenvalue weighted by Gasteiger charge is 2.77. The summed E-state index contributed by atoms with van der Waals surface area (Å²) >= 11 is 0. The third-order valence-electron chi connectivity index (χ3n) is 6.32. The second-order valence-electron chi connectivity index (χ2n) is 7.69. The van der Waals surface area contributed by atoms with Crippen LogP contribution in [0.3, 0.4) is 0 Å². The van der Waals surface area contributed by atoms with Gasteiger partial charge in [0.15, 0.2) is 12.4 Å². The molecule has 0 radical (unpaired) electrons. The summed E-state index contributed by atoms with van der Waals surface area (Å²) in [5, 5.41) is 0. The Hall–Kier alpha value is -1.87. The minimum absolute atomic E-state index is 0.183. The summed E-state index contributed by atoms with van der Waals surface area (Å²) in [6.07, 6.45) is 3.16. The molecule has 1 aliphatic carbocycles. The third kappa shape index (κ3) is 2.19. The summed E-state index contributed by atoms with van der Waals surface area (Å²) in [5.74, 6) is 6.26. The SMILES string of the molecule is CC(=O)O[C@@H]1O[C@H]2C[C@]34CCCC[C@@]3(O2)[C@H]1O[C@H]4C#Cc1ccccc1. The maximum Gasteiger partial charge on any atom is 0.305 e. The van der Waals surface area contributed by atoms with Crippen molar-refractivity contribution in [2.45, 2.75) is 69.4 Å². The lowest BCUT2D eigenvalue weighted by atomic mass is 9.60. The average molecular weight is 354 g/mol. The van der Waals surface area contributed by atoms with E-state index < -0.39 is 18.0 Å². The summed E-state index contributed by atoms with van der Waals surface area (Å²) in [5.41, 5.74) is 0.333. The molecule has 0 aromatic heterocycles. The maximum atomic E-state index is 11.5. The Morgan fingerprint density at radius 2 is 2.00 bits per heavy atom. The first-order valence-electron chi connectivity index (χ1n) is 9.36. The molecule has 1 aromatic carbocycles. The normalized spacial score (nSPS) is 42.5. The fraction of sp³-hybridized carbons (Fsp3) is 0.571. The second-order valence-corrected chi connectivity index (χ2v) is 7.69. The first-order valence-corrected chi connectivity index (χ1v) is 9.36. The number of hydrogen-bond acceptors (Lipinski definition) is 5. The molecule has 3 heterocycles. The Balaban J connectivity index is 1.53. The summed E-state index contributed by atoms with van der Waals surface area (Å²) in [4.78, 5) is 11.5. The van der Waals surface area contributed by atoms with Crippen molar-refractivity contribution in [3.63, 3.8) is 0 Å². The van der Waals surface area contributed by atoms with Gasteiger partial charge in [-0.1, -0.05) is 42.9 Å². The maximum absolute atomic E-state index is 11.5. The fourth-order valence-corrected chi connectivity index (χ4v) is 5.33. The molecule has 1 spiro atoms. The van der Waals surface area contributed by atoms with Gasteiger partial charge in [0.05, 0.1) is 0 Å². The van der Waals surface area contributed by atoms with E-state index in [1.54, 1.807) is 0 Å². The highest BCUT2D eigenvalue weighted by atomic mass is 16.8. The Bertz CT molecular complexity index is 781. The smallest absolute Gasteiger partial charge is 0.305 e.